The Hall–Kier alpha value is -3.06. The second-order valence-corrected chi connectivity index (χ2v) is 7.68. The van der Waals surface area contributed by atoms with E-state index in [4.69, 9.17) is 11.6 Å². The van der Waals surface area contributed by atoms with Crippen LogP contribution in [0, 0.1) is 0 Å². The predicted octanol–water partition coefficient (Wildman–Crippen LogP) is 3.40. The number of urea groups is 1. The molecular weight excluding hydrogens is 404 g/mol. The van der Waals surface area contributed by atoms with Gasteiger partial charge >= 0.3 is 6.03 Å². The fourth-order valence-electron chi connectivity index (χ4n) is 3.23. The molecule has 2 aromatic rings. The van der Waals surface area contributed by atoms with Gasteiger partial charge in [0.2, 0.25) is 5.91 Å². The number of anilines is 2. The van der Waals surface area contributed by atoms with E-state index in [0.29, 0.717) is 42.5 Å². The van der Waals surface area contributed by atoms with Gasteiger partial charge in [0, 0.05) is 48.1 Å². The monoisotopic (exact) mass is 428 g/mol. The molecule has 1 saturated heterocycles. The summed E-state index contributed by atoms with van der Waals surface area (Å²) in [5, 5.41) is 6.17. The first-order valence-electron chi connectivity index (χ1n) is 9.81. The minimum Gasteiger partial charge on any atom is -0.368 e. The molecule has 7 nitrogen and oxygen atoms in total. The Morgan fingerprint density at radius 1 is 1.00 bits per heavy atom. The van der Waals surface area contributed by atoms with Gasteiger partial charge < -0.3 is 20.4 Å². The summed E-state index contributed by atoms with van der Waals surface area (Å²) in [5.74, 6) is -0.422. The molecule has 0 aliphatic carbocycles. The summed E-state index contributed by atoms with van der Waals surface area (Å²) >= 11 is 5.93. The number of amides is 3. The lowest BCUT2D eigenvalue weighted by molar-refractivity contribution is -0.117. The Labute approximate surface area is 181 Å². The maximum Gasteiger partial charge on any atom is 0.318 e. The van der Waals surface area contributed by atoms with Crippen molar-refractivity contribution in [2.24, 2.45) is 0 Å². The van der Waals surface area contributed by atoms with Crippen molar-refractivity contribution >= 4 is 40.7 Å². The third kappa shape index (κ3) is 5.51. The maximum absolute atomic E-state index is 12.6. The van der Waals surface area contributed by atoms with Gasteiger partial charge in [0.15, 0.2) is 5.78 Å². The summed E-state index contributed by atoms with van der Waals surface area (Å²) in [6, 6.07) is 13.4. The fourth-order valence-corrected chi connectivity index (χ4v) is 3.35. The molecule has 0 radical (unpaired) electrons. The third-order valence-corrected chi connectivity index (χ3v) is 5.28. The molecule has 0 unspecified atom stereocenters. The second kappa shape index (κ2) is 9.63. The van der Waals surface area contributed by atoms with Crippen LogP contribution in [0.5, 0.6) is 0 Å². The summed E-state index contributed by atoms with van der Waals surface area (Å²) in [4.78, 5) is 40.4. The highest BCUT2D eigenvalue weighted by molar-refractivity contribution is 6.30. The van der Waals surface area contributed by atoms with Crippen molar-refractivity contribution in [2.45, 2.75) is 19.9 Å². The van der Waals surface area contributed by atoms with Gasteiger partial charge in [0.25, 0.3) is 0 Å². The zero-order valence-electron chi connectivity index (χ0n) is 17.0. The van der Waals surface area contributed by atoms with Crippen LogP contribution >= 0.6 is 11.6 Å². The Morgan fingerprint density at radius 3 is 2.30 bits per heavy atom. The van der Waals surface area contributed by atoms with Gasteiger partial charge in [-0.3, -0.25) is 9.59 Å². The molecule has 0 aromatic heterocycles. The number of rotatable bonds is 5. The fraction of sp³-hybridized carbons (Fsp3) is 0.318. The molecule has 158 valence electrons. The average molecular weight is 429 g/mol. The molecule has 1 fully saturated rings. The van der Waals surface area contributed by atoms with Crippen molar-refractivity contribution in [1.82, 2.24) is 10.2 Å². The van der Waals surface area contributed by atoms with Crippen molar-refractivity contribution in [3.8, 4) is 0 Å². The highest BCUT2D eigenvalue weighted by Gasteiger charge is 2.24. The first-order valence-corrected chi connectivity index (χ1v) is 10.2. The predicted molar refractivity (Wildman–Crippen MR) is 118 cm³/mol. The van der Waals surface area contributed by atoms with E-state index in [9.17, 15) is 14.4 Å². The normalized spacial score (nSPS) is 14.8. The van der Waals surface area contributed by atoms with E-state index in [-0.39, 0.29) is 17.7 Å². The summed E-state index contributed by atoms with van der Waals surface area (Å²) in [5.41, 5.74) is 2.11. The largest absolute Gasteiger partial charge is 0.368 e. The van der Waals surface area contributed by atoms with Gasteiger partial charge in [-0.25, -0.2) is 4.79 Å². The Bertz CT molecular complexity index is 924. The van der Waals surface area contributed by atoms with Crippen LogP contribution in [0.4, 0.5) is 16.2 Å². The zero-order valence-corrected chi connectivity index (χ0v) is 17.8. The molecule has 1 atom stereocenters. The van der Waals surface area contributed by atoms with E-state index in [0.717, 1.165) is 5.69 Å². The highest BCUT2D eigenvalue weighted by atomic mass is 35.5. The number of carbonyl (C=O) groups is 3. The van der Waals surface area contributed by atoms with E-state index in [1.54, 1.807) is 36.1 Å². The summed E-state index contributed by atoms with van der Waals surface area (Å²) in [7, 11) is 0. The molecule has 0 bridgehead atoms. The number of Topliss-reactive ketones (excluding diaryl/α,β-unsaturated/α-hetero) is 1. The molecule has 0 saturated carbocycles. The molecule has 8 heteroatoms. The van der Waals surface area contributed by atoms with Crippen molar-refractivity contribution in [3.05, 3.63) is 59.1 Å². The minimum absolute atomic E-state index is 0.0785. The lowest BCUT2D eigenvalue weighted by Crippen LogP contribution is -2.54. The van der Waals surface area contributed by atoms with E-state index in [2.05, 4.69) is 15.5 Å². The van der Waals surface area contributed by atoms with Crippen molar-refractivity contribution in [2.75, 3.05) is 36.4 Å². The smallest absolute Gasteiger partial charge is 0.318 e. The van der Waals surface area contributed by atoms with E-state index < -0.39 is 6.04 Å². The number of nitrogens with one attached hydrogen (secondary N) is 2. The van der Waals surface area contributed by atoms with Crippen LogP contribution in [0.1, 0.15) is 24.2 Å². The average Bonchev–Trinajstić information content (AvgIpc) is 2.74. The number of nitrogens with zero attached hydrogens (tertiary/aromatic N) is 2. The molecule has 0 spiro atoms. The Balaban J connectivity index is 1.49. The quantitative estimate of drug-likeness (QED) is 0.715. The number of piperazine rings is 1. The minimum atomic E-state index is -0.715. The van der Waals surface area contributed by atoms with E-state index in [1.165, 1.54) is 6.92 Å². The van der Waals surface area contributed by atoms with Crippen LogP contribution in [0.25, 0.3) is 0 Å². The number of ketones is 1. The van der Waals surface area contributed by atoms with Crippen LogP contribution in [0.3, 0.4) is 0 Å². The third-order valence-electron chi connectivity index (χ3n) is 5.03. The summed E-state index contributed by atoms with van der Waals surface area (Å²) < 4.78 is 0. The second-order valence-electron chi connectivity index (χ2n) is 7.25. The van der Waals surface area contributed by atoms with Crippen LogP contribution in [0.15, 0.2) is 48.5 Å². The Kier molecular flexibility index (Phi) is 6.95. The van der Waals surface area contributed by atoms with Crippen LogP contribution in [-0.4, -0.2) is 54.8 Å². The number of halogens is 1. The molecule has 2 aromatic carbocycles. The highest BCUT2D eigenvalue weighted by Crippen LogP contribution is 2.19. The topological polar surface area (TPSA) is 81.8 Å². The molecule has 30 heavy (non-hydrogen) atoms. The summed E-state index contributed by atoms with van der Waals surface area (Å²) in [6.07, 6.45) is 0. The van der Waals surface area contributed by atoms with Gasteiger partial charge in [-0.1, -0.05) is 23.7 Å². The number of carbonyl (C=O) groups excluding carboxylic acids is 3. The van der Waals surface area contributed by atoms with Gasteiger partial charge in [-0.05, 0) is 50.2 Å². The number of benzene rings is 2. The van der Waals surface area contributed by atoms with Gasteiger partial charge in [0.1, 0.15) is 6.04 Å². The van der Waals surface area contributed by atoms with Gasteiger partial charge in [-0.2, -0.15) is 0 Å². The van der Waals surface area contributed by atoms with Gasteiger partial charge in [0.05, 0.1) is 0 Å². The molecule has 1 heterocycles. The van der Waals surface area contributed by atoms with E-state index >= 15 is 0 Å². The van der Waals surface area contributed by atoms with Crippen LogP contribution < -0.4 is 15.5 Å². The first-order chi connectivity index (χ1) is 14.3. The van der Waals surface area contributed by atoms with Crippen molar-refractivity contribution in [1.29, 1.82) is 0 Å². The van der Waals surface area contributed by atoms with E-state index in [1.807, 2.05) is 24.3 Å². The molecule has 2 N–H and O–H groups in total. The summed E-state index contributed by atoms with van der Waals surface area (Å²) in [6.45, 7) is 5.62. The molecule has 1 aliphatic rings. The molecule has 1 aliphatic heterocycles. The Morgan fingerprint density at radius 2 is 1.67 bits per heavy atom. The molecule has 3 amide bonds. The molecular formula is C22H25ClN4O3. The number of hydrogen-bond donors (Lipinski definition) is 2. The maximum atomic E-state index is 12.6. The molecule has 3 rings (SSSR count). The lowest BCUT2D eigenvalue weighted by atomic mass is 10.1. The van der Waals surface area contributed by atoms with Crippen molar-refractivity contribution in [3.63, 3.8) is 0 Å². The number of hydrogen-bond acceptors (Lipinski definition) is 4. The first kappa shape index (κ1) is 21.6. The van der Waals surface area contributed by atoms with Crippen LogP contribution in [0.2, 0.25) is 5.02 Å². The zero-order chi connectivity index (χ0) is 21.7. The lowest BCUT2D eigenvalue weighted by Gasteiger charge is -2.36. The standard InChI is InChI=1S/C22H25ClN4O3/c1-15(21(29)25-19-5-3-4-17(14-19)16(2)28)24-22(30)27-12-10-26(11-13-27)20-8-6-18(23)7-9-20/h3-9,14-15H,10-13H2,1-2H3,(H,24,30)(H,25,29)/t15-/m1/s1. The van der Waals surface area contributed by atoms with Crippen molar-refractivity contribution < 1.29 is 14.4 Å². The van der Waals surface area contributed by atoms with Crippen LogP contribution in [-0.2, 0) is 4.79 Å². The SMILES string of the molecule is CC(=O)c1cccc(NC(=O)[C@@H](C)NC(=O)N2CCN(c3ccc(Cl)cc3)CC2)c1. The van der Waals surface area contributed by atoms with Gasteiger partial charge in [-0.15, -0.1) is 0 Å².